The molecule has 6 heteroatoms. The van der Waals surface area contributed by atoms with E-state index in [0.717, 1.165) is 22.7 Å². The molecule has 0 unspecified atom stereocenters. The second kappa shape index (κ2) is 8.27. The summed E-state index contributed by atoms with van der Waals surface area (Å²) in [5.74, 6) is 0.138. The SMILES string of the molecule is Cc1cc(C(=O)COC(=O)Cc2ccc(Cl)cc2)c(C)n1Cc1ccco1. The second-order valence-corrected chi connectivity index (χ2v) is 6.77. The van der Waals surface area contributed by atoms with Crippen LogP contribution in [0.5, 0.6) is 0 Å². The van der Waals surface area contributed by atoms with Gasteiger partial charge in [0, 0.05) is 22.0 Å². The van der Waals surface area contributed by atoms with E-state index in [2.05, 4.69) is 0 Å². The van der Waals surface area contributed by atoms with E-state index in [1.807, 2.05) is 36.6 Å². The van der Waals surface area contributed by atoms with E-state index in [1.165, 1.54) is 0 Å². The molecule has 0 spiro atoms. The van der Waals surface area contributed by atoms with E-state index in [1.54, 1.807) is 30.5 Å². The number of halogens is 1. The van der Waals surface area contributed by atoms with Gasteiger partial charge >= 0.3 is 5.97 Å². The van der Waals surface area contributed by atoms with Gasteiger partial charge in [0.25, 0.3) is 0 Å². The van der Waals surface area contributed by atoms with Crippen LogP contribution < -0.4 is 0 Å². The Balaban J connectivity index is 1.60. The van der Waals surface area contributed by atoms with Crippen LogP contribution in [0.3, 0.4) is 0 Å². The maximum Gasteiger partial charge on any atom is 0.310 e. The van der Waals surface area contributed by atoms with Crippen LogP contribution in [-0.4, -0.2) is 22.9 Å². The molecule has 0 saturated carbocycles. The van der Waals surface area contributed by atoms with Crippen LogP contribution in [0.4, 0.5) is 0 Å². The van der Waals surface area contributed by atoms with Gasteiger partial charge in [0.2, 0.25) is 5.78 Å². The van der Waals surface area contributed by atoms with Crippen LogP contribution in [-0.2, 0) is 22.5 Å². The normalized spacial score (nSPS) is 10.8. The highest BCUT2D eigenvalue weighted by molar-refractivity contribution is 6.30. The Kier molecular flexibility index (Phi) is 5.81. The number of esters is 1. The van der Waals surface area contributed by atoms with Gasteiger partial charge in [-0.15, -0.1) is 0 Å². The molecular weight excluding hydrogens is 366 g/mol. The third kappa shape index (κ3) is 4.68. The molecule has 1 aromatic carbocycles. The minimum absolute atomic E-state index is 0.0992. The van der Waals surface area contributed by atoms with Gasteiger partial charge in [-0.05, 0) is 49.7 Å². The number of carbonyl (C=O) groups is 2. The molecule has 3 aromatic rings. The van der Waals surface area contributed by atoms with Crippen LogP contribution in [0, 0.1) is 13.8 Å². The molecule has 0 saturated heterocycles. The molecular formula is C21H20ClNO4. The van der Waals surface area contributed by atoms with Gasteiger partial charge < -0.3 is 13.7 Å². The molecule has 2 heterocycles. The second-order valence-electron chi connectivity index (χ2n) is 6.34. The molecule has 0 aliphatic carbocycles. The van der Waals surface area contributed by atoms with Crippen molar-refractivity contribution in [1.29, 1.82) is 0 Å². The summed E-state index contributed by atoms with van der Waals surface area (Å²) < 4.78 is 12.5. The maximum atomic E-state index is 12.5. The standard InChI is InChI=1S/C21H20ClNO4/c1-14-10-19(15(2)23(14)12-18-4-3-9-26-18)20(24)13-27-21(25)11-16-5-7-17(22)8-6-16/h3-10H,11-13H2,1-2H3. The number of rotatable bonds is 7. The van der Waals surface area contributed by atoms with Crippen LogP contribution >= 0.6 is 11.6 Å². The van der Waals surface area contributed by atoms with Crippen molar-refractivity contribution in [2.75, 3.05) is 6.61 Å². The van der Waals surface area contributed by atoms with Crippen molar-refractivity contribution in [3.63, 3.8) is 0 Å². The molecule has 3 rings (SSSR count). The topological polar surface area (TPSA) is 61.4 Å². The number of carbonyl (C=O) groups excluding carboxylic acids is 2. The van der Waals surface area contributed by atoms with Gasteiger partial charge in [0.05, 0.1) is 19.2 Å². The largest absolute Gasteiger partial charge is 0.467 e. The quantitative estimate of drug-likeness (QED) is 0.447. The monoisotopic (exact) mass is 385 g/mol. The number of ether oxygens (including phenoxy) is 1. The van der Waals surface area contributed by atoms with E-state index in [-0.39, 0.29) is 18.8 Å². The van der Waals surface area contributed by atoms with Gasteiger partial charge in [0.1, 0.15) is 5.76 Å². The molecule has 140 valence electrons. The predicted molar refractivity (Wildman–Crippen MR) is 102 cm³/mol. The van der Waals surface area contributed by atoms with Crippen LogP contribution in [0.15, 0.2) is 53.1 Å². The van der Waals surface area contributed by atoms with Crippen LogP contribution in [0.2, 0.25) is 5.02 Å². The smallest absolute Gasteiger partial charge is 0.310 e. The fourth-order valence-electron chi connectivity index (χ4n) is 2.93. The number of Topliss-reactive ketones (excluding diaryl/α,β-unsaturated/α-hetero) is 1. The van der Waals surface area contributed by atoms with Gasteiger partial charge in [-0.1, -0.05) is 23.7 Å². The zero-order valence-corrected chi connectivity index (χ0v) is 16.0. The first-order valence-electron chi connectivity index (χ1n) is 8.56. The molecule has 0 radical (unpaired) electrons. The maximum absolute atomic E-state index is 12.5. The highest BCUT2D eigenvalue weighted by atomic mass is 35.5. The van der Waals surface area contributed by atoms with E-state index in [4.69, 9.17) is 20.8 Å². The van der Waals surface area contributed by atoms with Gasteiger partial charge in [0.15, 0.2) is 6.61 Å². The first kappa shape index (κ1) is 19.0. The van der Waals surface area contributed by atoms with Gasteiger partial charge in [-0.25, -0.2) is 0 Å². The number of furan rings is 1. The molecule has 0 atom stereocenters. The lowest BCUT2D eigenvalue weighted by Crippen LogP contribution is -2.16. The average Bonchev–Trinajstić information content (AvgIpc) is 3.25. The van der Waals surface area contributed by atoms with Crippen molar-refractivity contribution in [3.8, 4) is 0 Å². The zero-order valence-electron chi connectivity index (χ0n) is 15.2. The number of aryl methyl sites for hydroxylation is 1. The molecule has 0 N–H and O–H groups in total. The molecule has 0 bridgehead atoms. The van der Waals surface area contributed by atoms with E-state index < -0.39 is 5.97 Å². The third-order valence-electron chi connectivity index (χ3n) is 4.39. The van der Waals surface area contributed by atoms with Crippen LogP contribution in [0.25, 0.3) is 0 Å². The summed E-state index contributed by atoms with van der Waals surface area (Å²) >= 11 is 5.82. The molecule has 0 amide bonds. The highest BCUT2D eigenvalue weighted by Crippen LogP contribution is 2.18. The lowest BCUT2D eigenvalue weighted by atomic mass is 10.1. The number of hydrogen-bond donors (Lipinski definition) is 0. The minimum Gasteiger partial charge on any atom is -0.467 e. The first-order valence-corrected chi connectivity index (χ1v) is 8.94. The summed E-state index contributed by atoms with van der Waals surface area (Å²) in [6.45, 7) is 4.07. The molecule has 5 nitrogen and oxygen atoms in total. The van der Waals surface area contributed by atoms with E-state index >= 15 is 0 Å². The van der Waals surface area contributed by atoms with Gasteiger partial charge in [-0.3, -0.25) is 9.59 Å². The Morgan fingerprint density at radius 1 is 1.15 bits per heavy atom. The Hall–Kier alpha value is -2.79. The zero-order chi connectivity index (χ0) is 19.4. The van der Waals surface area contributed by atoms with E-state index in [0.29, 0.717) is 17.1 Å². The molecule has 0 aliphatic rings. The Morgan fingerprint density at radius 3 is 2.56 bits per heavy atom. The van der Waals surface area contributed by atoms with Crippen molar-refractivity contribution in [1.82, 2.24) is 4.57 Å². The van der Waals surface area contributed by atoms with Gasteiger partial charge in [-0.2, -0.15) is 0 Å². The number of hydrogen-bond acceptors (Lipinski definition) is 4. The van der Waals surface area contributed by atoms with E-state index in [9.17, 15) is 9.59 Å². The Morgan fingerprint density at radius 2 is 1.89 bits per heavy atom. The summed E-state index contributed by atoms with van der Waals surface area (Å²) in [5.41, 5.74) is 3.11. The number of aromatic nitrogens is 1. The predicted octanol–water partition coefficient (Wildman–Crippen LogP) is 4.37. The molecule has 27 heavy (non-hydrogen) atoms. The van der Waals surface area contributed by atoms with Crippen molar-refractivity contribution in [2.45, 2.75) is 26.8 Å². The fraction of sp³-hybridized carbons (Fsp3) is 0.238. The third-order valence-corrected chi connectivity index (χ3v) is 4.65. The first-order chi connectivity index (χ1) is 12.9. The summed E-state index contributed by atoms with van der Waals surface area (Å²) in [4.78, 5) is 24.5. The molecule has 0 aliphatic heterocycles. The lowest BCUT2D eigenvalue weighted by molar-refractivity contribution is -0.141. The lowest BCUT2D eigenvalue weighted by Gasteiger charge is -2.08. The number of ketones is 1. The molecule has 2 aromatic heterocycles. The summed E-state index contributed by atoms with van der Waals surface area (Å²) in [6.07, 6.45) is 1.72. The molecule has 0 fully saturated rings. The minimum atomic E-state index is -0.449. The number of nitrogens with zero attached hydrogens (tertiary/aromatic N) is 1. The summed E-state index contributed by atoms with van der Waals surface area (Å²) in [7, 11) is 0. The Labute approximate surface area is 162 Å². The van der Waals surface area contributed by atoms with Crippen LogP contribution in [0.1, 0.15) is 33.1 Å². The number of benzene rings is 1. The van der Waals surface area contributed by atoms with Crippen molar-refractivity contribution < 1.29 is 18.7 Å². The Bertz CT molecular complexity index is 939. The summed E-state index contributed by atoms with van der Waals surface area (Å²) in [5, 5.41) is 0.604. The van der Waals surface area contributed by atoms with Crippen molar-refractivity contribution >= 4 is 23.4 Å². The fourth-order valence-corrected chi connectivity index (χ4v) is 3.05. The highest BCUT2D eigenvalue weighted by Gasteiger charge is 2.18. The van der Waals surface area contributed by atoms with Crippen molar-refractivity contribution in [3.05, 3.63) is 82.0 Å². The average molecular weight is 386 g/mol. The summed E-state index contributed by atoms with van der Waals surface area (Å²) in [6, 6.07) is 12.5. The van der Waals surface area contributed by atoms with Crippen molar-refractivity contribution in [2.24, 2.45) is 0 Å².